The maximum Gasteiger partial charge on any atom is 0.123 e. The highest BCUT2D eigenvalue weighted by molar-refractivity contribution is 7.80. The molecule has 3 rings (SSSR count). The number of para-hydroxylation sites is 1. The molecule has 0 radical (unpaired) electrons. The van der Waals surface area contributed by atoms with Gasteiger partial charge < -0.3 is 10.5 Å². The van der Waals surface area contributed by atoms with E-state index in [0.29, 0.717) is 17.3 Å². The van der Waals surface area contributed by atoms with Crippen LogP contribution >= 0.6 is 12.2 Å². The zero-order chi connectivity index (χ0) is 14.7. The van der Waals surface area contributed by atoms with E-state index in [1.54, 1.807) is 6.20 Å². The molecule has 0 saturated heterocycles. The third-order valence-electron chi connectivity index (χ3n) is 3.51. The lowest BCUT2D eigenvalue weighted by atomic mass is 10.1. The Balaban J connectivity index is 1.76. The molecule has 21 heavy (non-hydrogen) atoms. The molecule has 0 bridgehead atoms. The summed E-state index contributed by atoms with van der Waals surface area (Å²) in [5, 5.41) is 0. The third kappa shape index (κ3) is 3.37. The molecule has 2 heterocycles. The van der Waals surface area contributed by atoms with Crippen molar-refractivity contribution < 1.29 is 4.74 Å². The molecule has 0 aliphatic carbocycles. The van der Waals surface area contributed by atoms with Crippen LogP contribution in [0.15, 0.2) is 42.6 Å². The maximum absolute atomic E-state index is 5.78. The zero-order valence-electron chi connectivity index (χ0n) is 11.7. The molecule has 1 aromatic heterocycles. The predicted octanol–water partition coefficient (Wildman–Crippen LogP) is 2.11. The summed E-state index contributed by atoms with van der Waals surface area (Å²) in [4.78, 5) is 6.86. The van der Waals surface area contributed by atoms with Crippen molar-refractivity contribution in [2.24, 2.45) is 5.73 Å². The fourth-order valence-electron chi connectivity index (χ4n) is 2.48. The fourth-order valence-corrected chi connectivity index (χ4v) is 2.59. The third-order valence-corrected chi connectivity index (χ3v) is 3.72. The molecule has 0 unspecified atom stereocenters. The number of thiocarbonyl (C=S) groups is 1. The maximum atomic E-state index is 5.78. The van der Waals surface area contributed by atoms with Crippen molar-refractivity contribution in [2.75, 3.05) is 13.2 Å². The second-order valence-corrected chi connectivity index (χ2v) is 5.52. The van der Waals surface area contributed by atoms with E-state index >= 15 is 0 Å². The highest BCUT2D eigenvalue weighted by Crippen LogP contribution is 2.23. The second-order valence-electron chi connectivity index (χ2n) is 5.08. The summed E-state index contributed by atoms with van der Waals surface area (Å²) in [6.07, 6.45) is 1.76. The normalized spacial score (nSPS) is 14.9. The van der Waals surface area contributed by atoms with Crippen molar-refractivity contribution in [1.82, 2.24) is 9.88 Å². The number of pyridine rings is 1. The molecule has 0 amide bonds. The Bertz CT molecular complexity index is 659. The van der Waals surface area contributed by atoms with Gasteiger partial charge in [-0.05, 0) is 23.8 Å². The van der Waals surface area contributed by atoms with Gasteiger partial charge in [0.25, 0.3) is 0 Å². The zero-order valence-corrected chi connectivity index (χ0v) is 12.5. The SMILES string of the molecule is NC(=S)c1cc(CN2CCOc3ccccc3C2)ccn1. The quantitative estimate of drug-likeness (QED) is 0.880. The van der Waals surface area contributed by atoms with Crippen LogP contribution < -0.4 is 10.5 Å². The van der Waals surface area contributed by atoms with Crippen molar-refractivity contribution in [2.45, 2.75) is 13.1 Å². The first-order chi connectivity index (χ1) is 10.2. The summed E-state index contributed by atoms with van der Waals surface area (Å²) in [6, 6.07) is 12.1. The Morgan fingerprint density at radius 2 is 2.19 bits per heavy atom. The summed E-state index contributed by atoms with van der Waals surface area (Å²) >= 11 is 4.98. The largest absolute Gasteiger partial charge is 0.492 e. The van der Waals surface area contributed by atoms with Gasteiger partial charge in [-0.3, -0.25) is 9.88 Å². The Morgan fingerprint density at radius 1 is 1.33 bits per heavy atom. The van der Waals surface area contributed by atoms with Crippen LogP contribution in [-0.2, 0) is 13.1 Å². The van der Waals surface area contributed by atoms with E-state index in [1.165, 1.54) is 5.56 Å². The van der Waals surface area contributed by atoms with Gasteiger partial charge in [0.1, 0.15) is 17.3 Å². The first-order valence-electron chi connectivity index (χ1n) is 6.90. The van der Waals surface area contributed by atoms with E-state index in [1.807, 2.05) is 30.3 Å². The van der Waals surface area contributed by atoms with Crippen molar-refractivity contribution in [3.05, 3.63) is 59.4 Å². The number of benzene rings is 1. The lowest BCUT2D eigenvalue weighted by molar-refractivity contribution is 0.219. The Hall–Kier alpha value is -1.98. The summed E-state index contributed by atoms with van der Waals surface area (Å²) in [6.45, 7) is 3.29. The van der Waals surface area contributed by atoms with Crippen molar-refractivity contribution in [3.63, 3.8) is 0 Å². The highest BCUT2D eigenvalue weighted by atomic mass is 32.1. The predicted molar refractivity (Wildman–Crippen MR) is 86.2 cm³/mol. The van der Waals surface area contributed by atoms with Crippen LogP contribution in [0.4, 0.5) is 0 Å². The molecule has 5 heteroatoms. The van der Waals surface area contributed by atoms with Gasteiger partial charge >= 0.3 is 0 Å². The van der Waals surface area contributed by atoms with Crippen LogP contribution in [0, 0.1) is 0 Å². The fraction of sp³-hybridized carbons (Fsp3) is 0.250. The molecule has 0 fully saturated rings. The van der Waals surface area contributed by atoms with Gasteiger partial charge in [-0.1, -0.05) is 30.4 Å². The van der Waals surface area contributed by atoms with Crippen LogP contribution in [0.3, 0.4) is 0 Å². The van der Waals surface area contributed by atoms with E-state index in [2.05, 4.69) is 16.0 Å². The minimum atomic E-state index is 0.335. The molecule has 2 aromatic rings. The Kier molecular flexibility index (Phi) is 4.13. The number of nitrogens with two attached hydrogens (primary N) is 1. The molecular formula is C16H17N3OS. The lowest BCUT2D eigenvalue weighted by Gasteiger charge is -2.19. The Morgan fingerprint density at radius 3 is 3.05 bits per heavy atom. The van der Waals surface area contributed by atoms with Crippen molar-refractivity contribution in [3.8, 4) is 5.75 Å². The topological polar surface area (TPSA) is 51.4 Å². The molecule has 1 aliphatic rings. The monoisotopic (exact) mass is 299 g/mol. The lowest BCUT2D eigenvalue weighted by Crippen LogP contribution is -2.25. The number of rotatable bonds is 3. The van der Waals surface area contributed by atoms with Crippen LogP contribution in [0.2, 0.25) is 0 Å². The van der Waals surface area contributed by atoms with Gasteiger partial charge in [0.15, 0.2) is 0 Å². The van der Waals surface area contributed by atoms with Crippen molar-refractivity contribution in [1.29, 1.82) is 0 Å². The van der Waals surface area contributed by atoms with Crippen LogP contribution in [0.5, 0.6) is 5.75 Å². The minimum Gasteiger partial charge on any atom is -0.492 e. The van der Waals surface area contributed by atoms with E-state index in [4.69, 9.17) is 22.7 Å². The number of fused-ring (bicyclic) bond motifs is 1. The number of ether oxygens (including phenoxy) is 1. The van der Waals surface area contributed by atoms with Crippen LogP contribution in [0.25, 0.3) is 0 Å². The molecule has 0 spiro atoms. The molecule has 4 nitrogen and oxygen atoms in total. The summed E-state index contributed by atoms with van der Waals surface area (Å²) in [5.74, 6) is 0.985. The average Bonchev–Trinajstić information content (AvgIpc) is 2.69. The van der Waals surface area contributed by atoms with Gasteiger partial charge in [-0.25, -0.2) is 0 Å². The summed E-state index contributed by atoms with van der Waals surface area (Å²) < 4.78 is 5.78. The molecule has 2 N–H and O–H groups in total. The molecule has 1 aromatic carbocycles. The van der Waals surface area contributed by atoms with Crippen LogP contribution in [0.1, 0.15) is 16.8 Å². The molecule has 108 valence electrons. The highest BCUT2D eigenvalue weighted by Gasteiger charge is 2.15. The van der Waals surface area contributed by atoms with E-state index in [9.17, 15) is 0 Å². The number of aromatic nitrogens is 1. The molecule has 0 saturated carbocycles. The molecule has 0 atom stereocenters. The second kappa shape index (κ2) is 6.20. The Labute approximate surface area is 129 Å². The number of nitrogens with zero attached hydrogens (tertiary/aromatic N) is 2. The summed E-state index contributed by atoms with van der Waals surface area (Å²) in [5.41, 5.74) is 8.69. The number of hydrogen-bond donors (Lipinski definition) is 1. The van der Waals surface area contributed by atoms with Gasteiger partial charge in [-0.15, -0.1) is 0 Å². The van der Waals surface area contributed by atoms with Gasteiger partial charge in [0.2, 0.25) is 0 Å². The van der Waals surface area contributed by atoms with E-state index in [0.717, 1.165) is 30.9 Å². The standard InChI is InChI=1S/C16H17N3OS/c17-16(21)14-9-12(5-6-18-14)10-19-7-8-20-15-4-2-1-3-13(15)11-19/h1-6,9H,7-8,10-11H2,(H2,17,21). The first kappa shape index (κ1) is 14.0. The van der Waals surface area contributed by atoms with Crippen molar-refractivity contribution >= 4 is 17.2 Å². The van der Waals surface area contributed by atoms with Gasteiger partial charge in [-0.2, -0.15) is 0 Å². The van der Waals surface area contributed by atoms with E-state index < -0.39 is 0 Å². The van der Waals surface area contributed by atoms with Crippen LogP contribution in [-0.4, -0.2) is 28.0 Å². The average molecular weight is 299 g/mol. The summed E-state index contributed by atoms with van der Waals surface area (Å²) in [7, 11) is 0. The van der Waals surface area contributed by atoms with E-state index in [-0.39, 0.29) is 0 Å². The molecular weight excluding hydrogens is 282 g/mol. The molecule has 1 aliphatic heterocycles. The smallest absolute Gasteiger partial charge is 0.123 e. The minimum absolute atomic E-state index is 0.335. The van der Waals surface area contributed by atoms with Gasteiger partial charge in [0, 0.05) is 31.4 Å². The number of hydrogen-bond acceptors (Lipinski definition) is 4. The first-order valence-corrected chi connectivity index (χ1v) is 7.31. The van der Waals surface area contributed by atoms with Gasteiger partial charge in [0.05, 0.1) is 5.69 Å².